The van der Waals surface area contributed by atoms with Gasteiger partial charge in [0.15, 0.2) is 0 Å². The Morgan fingerprint density at radius 3 is 2.44 bits per heavy atom. The van der Waals surface area contributed by atoms with Gasteiger partial charge in [-0.2, -0.15) is 0 Å². The highest BCUT2D eigenvalue weighted by Gasteiger charge is 2.30. The second-order valence-electron chi connectivity index (χ2n) is 4.87. The summed E-state index contributed by atoms with van der Waals surface area (Å²) >= 11 is 0. The second kappa shape index (κ2) is 6.72. The van der Waals surface area contributed by atoms with Crippen LogP contribution in [-0.4, -0.2) is 52.8 Å². The van der Waals surface area contributed by atoms with Gasteiger partial charge in [-0.05, 0) is 26.2 Å². The molecule has 0 saturated heterocycles. The van der Waals surface area contributed by atoms with E-state index in [0.29, 0.717) is 0 Å². The minimum atomic E-state index is -1.37. The van der Waals surface area contributed by atoms with Gasteiger partial charge in [-0.1, -0.05) is 11.6 Å². The third-order valence-corrected chi connectivity index (χ3v) is 3.26. The number of allylic oxidation sites excluding steroid dienone is 1. The molecule has 0 fully saturated rings. The molecule has 1 rings (SSSR count). The molecule has 18 heavy (non-hydrogen) atoms. The van der Waals surface area contributed by atoms with E-state index in [9.17, 15) is 4.79 Å². The van der Waals surface area contributed by atoms with Crippen molar-refractivity contribution < 1.29 is 20.1 Å². The molecule has 1 unspecified atom stereocenters. The molecular formula is C12H22N2O4. The summed E-state index contributed by atoms with van der Waals surface area (Å²) in [4.78, 5) is 11.7. The quantitative estimate of drug-likeness (QED) is 0.429. The predicted molar refractivity (Wildman–Crippen MR) is 67.1 cm³/mol. The lowest BCUT2D eigenvalue weighted by Gasteiger charge is -2.30. The Labute approximate surface area is 107 Å². The molecule has 0 aromatic rings. The molecule has 104 valence electrons. The number of carbonyl (C=O) groups excluding carboxylic acids is 1. The Morgan fingerprint density at radius 2 is 2.00 bits per heavy atom. The molecule has 2 amide bonds. The lowest BCUT2D eigenvalue weighted by atomic mass is 9.96. The molecule has 1 aliphatic rings. The van der Waals surface area contributed by atoms with Crippen LogP contribution in [0.1, 0.15) is 26.2 Å². The number of rotatable bonds is 5. The number of hydrogen-bond donors (Lipinski definition) is 5. The van der Waals surface area contributed by atoms with Gasteiger partial charge in [0.2, 0.25) is 0 Å². The van der Waals surface area contributed by atoms with E-state index < -0.39 is 31.4 Å². The van der Waals surface area contributed by atoms with Gasteiger partial charge in [0.1, 0.15) is 5.54 Å². The van der Waals surface area contributed by atoms with E-state index >= 15 is 0 Å². The lowest BCUT2D eigenvalue weighted by molar-refractivity contribution is 0.0489. The highest BCUT2D eigenvalue weighted by Crippen LogP contribution is 2.17. The Kier molecular flexibility index (Phi) is 5.58. The van der Waals surface area contributed by atoms with E-state index in [1.54, 1.807) is 0 Å². The van der Waals surface area contributed by atoms with Gasteiger partial charge in [0, 0.05) is 6.04 Å². The van der Waals surface area contributed by atoms with Crippen molar-refractivity contribution in [1.82, 2.24) is 10.6 Å². The molecule has 1 aliphatic carbocycles. The molecule has 0 aromatic carbocycles. The first kappa shape index (κ1) is 14.9. The van der Waals surface area contributed by atoms with Crippen molar-refractivity contribution in [3.63, 3.8) is 0 Å². The number of nitrogens with one attached hydrogen (secondary N) is 2. The molecule has 0 aliphatic heterocycles. The highest BCUT2D eigenvalue weighted by molar-refractivity contribution is 5.75. The first-order valence-electron chi connectivity index (χ1n) is 6.12. The Morgan fingerprint density at radius 1 is 1.39 bits per heavy atom. The first-order valence-corrected chi connectivity index (χ1v) is 6.12. The maximum absolute atomic E-state index is 11.7. The van der Waals surface area contributed by atoms with Gasteiger partial charge >= 0.3 is 6.03 Å². The SMILES string of the molecule is CC1=CCC(NC(=O)NC(CO)(CO)CO)CC1. The van der Waals surface area contributed by atoms with Crippen LogP contribution in [0.4, 0.5) is 4.79 Å². The minimum Gasteiger partial charge on any atom is -0.394 e. The summed E-state index contributed by atoms with van der Waals surface area (Å²) in [5.41, 5.74) is -0.0475. The van der Waals surface area contributed by atoms with Gasteiger partial charge in [-0.15, -0.1) is 0 Å². The number of hydrogen-bond acceptors (Lipinski definition) is 4. The number of aliphatic hydroxyl groups is 3. The van der Waals surface area contributed by atoms with E-state index in [2.05, 4.69) is 23.6 Å². The zero-order valence-corrected chi connectivity index (χ0v) is 10.6. The summed E-state index contributed by atoms with van der Waals surface area (Å²) in [5.74, 6) is 0. The van der Waals surface area contributed by atoms with Crippen LogP contribution in [0.2, 0.25) is 0 Å². The maximum atomic E-state index is 11.7. The van der Waals surface area contributed by atoms with Crippen molar-refractivity contribution in [3.8, 4) is 0 Å². The fourth-order valence-electron chi connectivity index (χ4n) is 1.83. The van der Waals surface area contributed by atoms with E-state index in [0.717, 1.165) is 19.3 Å². The van der Waals surface area contributed by atoms with E-state index in [1.807, 2.05) is 0 Å². The molecule has 0 bridgehead atoms. The zero-order chi connectivity index (χ0) is 13.6. The highest BCUT2D eigenvalue weighted by atomic mass is 16.3. The average molecular weight is 258 g/mol. The number of urea groups is 1. The molecule has 1 atom stereocenters. The Hall–Kier alpha value is -1.11. The molecule has 6 heteroatoms. The first-order chi connectivity index (χ1) is 8.55. The van der Waals surface area contributed by atoms with E-state index in [-0.39, 0.29) is 6.04 Å². The summed E-state index contributed by atoms with van der Waals surface area (Å²) in [6, 6.07) is -0.424. The summed E-state index contributed by atoms with van der Waals surface area (Å²) < 4.78 is 0. The van der Waals surface area contributed by atoms with Crippen LogP contribution in [0.15, 0.2) is 11.6 Å². The number of amides is 2. The van der Waals surface area contributed by atoms with Gasteiger partial charge < -0.3 is 26.0 Å². The van der Waals surface area contributed by atoms with Gasteiger partial charge in [0.05, 0.1) is 19.8 Å². The van der Waals surface area contributed by atoms with Crippen LogP contribution in [0, 0.1) is 0 Å². The van der Waals surface area contributed by atoms with Gasteiger partial charge in [-0.3, -0.25) is 0 Å². The van der Waals surface area contributed by atoms with Crippen LogP contribution in [0.25, 0.3) is 0 Å². The van der Waals surface area contributed by atoms with E-state index in [1.165, 1.54) is 5.57 Å². The second-order valence-corrected chi connectivity index (χ2v) is 4.87. The monoisotopic (exact) mass is 258 g/mol. The Balaban J connectivity index is 2.46. The number of carbonyl (C=O) groups is 1. The van der Waals surface area contributed by atoms with Crippen LogP contribution in [0.3, 0.4) is 0 Å². The van der Waals surface area contributed by atoms with Crippen molar-refractivity contribution in [2.45, 2.75) is 37.8 Å². The molecule has 0 spiro atoms. The molecule has 5 N–H and O–H groups in total. The molecule has 6 nitrogen and oxygen atoms in total. The predicted octanol–water partition coefficient (Wildman–Crippen LogP) is -0.500. The van der Waals surface area contributed by atoms with Crippen molar-refractivity contribution in [1.29, 1.82) is 0 Å². The maximum Gasteiger partial charge on any atom is 0.315 e. The topological polar surface area (TPSA) is 102 Å². The molecule has 0 radical (unpaired) electrons. The summed E-state index contributed by atoms with van der Waals surface area (Å²) in [6.45, 7) is 0.510. The minimum absolute atomic E-state index is 0.0579. The van der Waals surface area contributed by atoms with Gasteiger partial charge in [-0.25, -0.2) is 4.79 Å². The van der Waals surface area contributed by atoms with Crippen LogP contribution < -0.4 is 10.6 Å². The molecule has 0 saturated carbocycles. The summed E-state index contributed by atoms with van der Waals surface area (Å²) in [6.07, 6.45) is 4.70. The molecule has 0 aromatic heterocycles. The lowest BCUT2D eigenvalue weighted by Crippen LogP contribution is -2.60. The molecule has 0 heterocycles. The third-order valence-electron chi connectivity index (χ3n) is 3.26. The van der Waals surface area contributed by atoms with Crippen molar-refractivity contribution in [3.05, 3.63) is 11.6 Å². The standard InChI is InChI=1S/C12H22N2O4/c1-9-2-4-10(5-3-9)13-11(18)14-12(6-15,7-16)8-17/h2,10,15-17H,3-8H2,1H3,(H2,13,14,18). The summed E-state index contributed by atoms with van der Waals surface area (Å²) in [7, 11) is 0. The van der Waals surface area contributed by atoms with Crippen molar-refractivity contribution in [2.24, 2.45) is 0 Å². The van der Waals surface area contributed by atoms with Gasteiger partial charge in [0.25, 0.3) is 0 Å². The number of aliphatic hydroxyl groups excluding tert-OH is 3. The molecular weight excluding hydrogens is 236 g/mol. The van der Waals surface area contributed by atoms with Crippen LogP contribution >= 0.6 is 0 Å². The smallest absolute Gasteiger partial charge is 0.315 e. The Bertz CT molecular complexity index is 305. The van der Waals surface area contributed by atoms with Crippen molar-refractivity contribution >= 4 is 6.03 Å². The fraction of sp³-hybridized carbons (Fsp3) is 0.750. The summed E-state index contributed by atoms with van der Waals surface area (Å²) in [5, 5.41) is 32.5. The third kappa shape index (κ3) is 3.97. The van der Waals surface area contributed by atoms with Crippen LogP contribution in [-0.2, 0) is 0 Å². The average Bonchev–Trinajstić information content (AvgIpc) is 2.39. The van der Waals surface area contributed by atoms with Crippen LogP contribution in [0.5, 0.6) is 0 Å². The fourth-order valence-corrected chi connectivity index (χ4v) is 1.83. The van der Waals surface area contributed by atoms with E-state index in [4.69, 9.17) is 15.3 Å². The zero-order valence-electron chi connectivity index (χ0n) is 10.6. The normalized spacial score (nSPS) is 20.2. The van der Waals surface area contributed by atoms with Crippen molar-refractivity contribution in [2.75, 3.05) is 19.8 Å². The largest absolute Gasteiger partial charge is 0.394 e.